The third-order valence-corrected chi connectivity index (χ3v) is 5.02. The first-order valence-electron chi connectivity index (χ1n) is 10.2. The van der Waals surface area contributed by atoms with E-state index in [1.165, 1.54) is 11.8 Å². The number of carboxylic acids is 1. The Balaban J connectivity index is 2.09. The third-order valence-electron chi connectivity index (χ3n) is 5.02. The van der Waals surface area contributed by atoms with Crippen molar-refractivity contribution >= 4 is 23.7 Å². The van der Waals surface area contributed by atoms with E-state index in [4.69, 9.17) is 26.5 Å². The number of urea groups is 1. The van der Waals surface area contributed by atoms with Crippen LogP contribution in [0.3, 0.4) is 0 Å². The maximum Gasteiger partial charge on any atom is 0.318 e. The topological polar surface area (TPSA) is 214 Å². The van der Waals surface area contributed by atoms with Gasteiger partial charge in [-0.2, -0.15) is 4.98 Å². The van der Waals surface area contributed by atoms with Gasteiger partial charge in [-0.05, 0) is 39.0 Å². The van der Waals surface area contributed by atoms with E-state index < -0.39 is 30.1 Å². The summed E-state index contributed by atoms with van der Waals surface area (Å²) in [6.45, 7) is 2.34. The number of carbonyl (C=O) groups is 3. The van der Waals surface area contributed by atoms with Crippen molar-refractivity contribution in [2.75, 3.05) is 13.1 Å². The smallest absolute Gasteiger partial charge is 0.318 e. The molecule has 8 N–H and O–H groups in total. The van der Waals surface area contributed by atoms with E-state index in [1.54, 1.807) is 0 Å². The zero-order valence-corrected chi connectivity index (χ0v) is 17.5. The monoisotopic (exact) mass is 438 g/mol. The molecule has 0 radical (unpaired) electrons. The molecule has 172 valence electrons. The maximum atomic E-state index is 12.8. The van der Waals surface area contributed by atoms with Crippen LogP contribution >= 0.6 is 0 Å². The maximum absolute atomic E-state index is 12.8. The Labute approximate surface area is 179 Å². The molecule has 1 saturated heterocycles. The first-order valence-corrected chi connectivity index (χ1v) is 10.2. The number of hydrogen-bond acceptors (Lipinski definition) is 8. The molecule has 1 aliphatic rings. The number of nitrogens with zero attached hydrogens (tertiary/aromatic N) is 3. The van der Waals surface area contributed by atoms with E-state index in [1.807, 2.05) is 0 Å². The lowest BCUT2D eigenvalue weighted by molar-refractivity contribution is -0.137. The fraction of sp³-hybridized carbons (Fsp3) is 0.667. The van der Waals surface area contributed by atoms with Gasteiger partial charge in [0.1, 0.15) is 6.04 Å². The van der Waals surface area contributed by atoms with E-state index in [0.29, 0.717) is 32.4 Å². The molecule has 1 unspecified atom stereocenters. The summed E-state index contributed by atoms with van der Waals surface area (Å²) < 4.78 is 5.29. The van der Waals surface area contributed by atoms with Crippen LogP contribution in [-0.4, -0.2) is 63.0 Å². The highest BCUT2D eigenvalue weighted by atomic mass is 16.5. The van der Waals surface area contributed by atoms with Crippen molar-refractivity contribution in [3.63, 3.8) is 0 Å². The van der Waals surface area contributed by atoms with Crippen LogP contribution in [0.25, 0.3) is 0 Å². The number of amides is 2. The average Bonchev–Trinajstić information content (AvgIpc) is 3.38. The van der Waals surface area contributed by atoms with Gasteiger partial charge in [-0.1, -0.05) is 5.16 Å². The lowest BCUT2D eigenvalue weighted by atomic mass is 10.1. The number of aliphatic carboxylic acids is 1. The molecule has 2 rings (SSSR count). The van der Waals surface area contributed by atoms with Crippen molar-refractivity contribution in [2.24, 2.45) is 11.5 Å². The van der Waals surface area contributed by atoms with Gasteiger partial charge >= 0.3 is 12.0 Å². The Hall–Kier alpha value is -3.22. The summed E-state index contributed by atoms with van der Waals surface area (Å²) in [4.78, 5) is 41.1. The Morgan fingerprint density at radius 2 is 2.13 bits per heavy atom. The molecule has 0 aromatic carbocycles. The molecule has 1 aromatic heterocycles. The Morgan fingerprint density at radius 3 is 2.77 bits per heavy atom. The van der Waals surface area contributed by atoms with Crippen LogP contribution in [0, 0.1) is 5.41 Å². The van der Waals surface area contributed by atoms with Crippen LogP contribution < -0.4 is 22.1 Å². The molecule has 31 heavy (non-hydrogen) atoms. The lowest BCUT2D eigenvalue weighted by Crippen LogP contribution is -2.46. The molecule has 2 amide bonds. The number of guanidine groups is 1. The van der Waals surface area contributed by atoms with Gasteiger partial charge in [0.2, 0.25) is 5.89 Å². The van der Waals surface area contributed by atoms with E-state index in [-0.39, 0.29) is 36.3 Å². The van der Waals surface area contributed by atoms with E-state index in [2.05, 4.69) is 20.8 Å². The molecular formula is C18H30N8O5. The van der Waals surface area contributed by atoms with Crippen molar-refractivity contribution in [2.45, 2.75) is 63.6 Å². The molecule has 0 aliphatic carbocycles. The van der Waals surface area contributed by atoms with Crippen molar-refractivity contribution in [1.29, 1.82) is 5.41 Å². The van der Waals surface area contributed by atoms with Crippen molar-refractivity contribution in [3.05, 3.63) is 11.7 Å². The summed E-state index contributed by atoms with van der Waals surface area (Å²) >= 11 is 0. The van der Waals surface area contributed by atoms with Crippen LogP contribution in [0.15, 0.2) is 4.52 Å². The summed E-state index contributed by atoms with van der Waals surface area (Å²) in [5.74, 6) is -0.922. The number of carbonyl (C=O) groups excluding carboxylic acids is 2. The second-order valence-electron chi connectivity index (χ2n) is 7.48. The van der Waals surface area contributed by atoms with Crippen LogP contribution in [0.1, 0.15) is 69.2 Å². The molecule has 2 heterocycles. The molecule has 1 aliphatic heterocycles. The highest BCUT2D eigenvalue weighted by Crippen LogP contribution is 2.23. The molecule has 3 atom stereocenters. The van der Waals surface area contributed by atoms with Crippen LogP contribution in [0.2, 0.25) is 0 Å². The first kappa shape index (κ1) is 24.1. The second-order valence-corrected chi connectivity index (χ2v) is 7.48. The van der Waals surface area contributed by atoms with Gasteiger partial charge in [0, 0.05) is 19.5 Å². The van der Waals surface area contributed by atoms with E-state index >= 15 is 0 Å². The normalized spacial score (nSPS) is 17.7. The van der Waals surface area contributed by atoms with Crippen molar-refractivity contribution in [1.82, 2.24) is 25.7 Å². The molecule has 0 saturated carbocycles. The van der Waals surface area contributed by atoms with Gasteiger partial charge in [-0.15, -0.1) is 0 Å². The Bertz CT molecular complexity index is 798. The molecule has 0 bridgehead atoms. The SMILES string of the molecule is CC(=O)C1CCCN1C(=O)N[C@@H](CCCNC(=N)N)c1nc([C@@H](N)CCC(=O)O)no1. The number of hydrogen-bond donors (Lipinski definition) is 6. The number of ketones is 1. The van der Waals surface area contributed by atoms with E-state index in [0.717, 1.165) is 6.42 Å². The van der Waals surface area contributed by atoms with Crippen molar-refractivity contribution in [3.8, 4) is 0 Å². The summed E-state index contributed by atoms with van der Waals surface area (Å²) in [7, 11) is 0. The van der Waals surface area contributed by atoms with Gasteiger partial charge in [-0.3, -0.25) is 15.0 Å². The minimum absolute atomic E-state index is 0.0701. The predicted octanol–water partition coefficient (Wildman–Crippen LogP) is 0.00157. The van der Waals surface area contributed by atoms with Crippen molar-refractivity contribution < 1.29 is 24.0 Å². The minimum atomic E-state index is -0.979. The fourth-order valence-corrected chi connectivity index (χ4v) is 3.40. The standard InChI is InChI=1S/C18H30N8O5/c1-10(27)13-5-3-9-26(13)18(30)23-12(4-2-8-22-17(20)21)16-24-15(25-31-16)11(19)6-7-14(28)29/h11-13H,2-9,19H2,1H3,(H,23,30)(H,28,29)(H4,20,21,22)/t11-,12-,13?/m0/s1. The predicted molar refractivity (Wildman–Crippen MR) is 109 cm³/mol. The highest BCUT2D eigenvalue weighted by Gasteiger charge is 2.34. The van der Waals surface area contributed by atoms with Crippen LogP contribution in [-0.2, 0) is 9.59 Å². The van der Waals surface area contributed by atoms with Gasteiger partial charge in [0.05, 0.1) is 12.1 Å². The number of carboxylic acid groups (broad SMARTS) is 1. The summed E-state index contributed by atoms with van der Waals surface area (Å²) in [6.07, 6.45) is 2.30. The number of aromatic nitrogens is 2. The second kappa shape index (κ2) is 11.2. The van der Waals surface area contributed by atoms with Gasteiger partial charge in [-0.25, -0.2) is 4.79 Å². The van der Waals surface area contributed by atoms with Crippen LogP contribution in [0.4, 0.5) is 4.79 Å². The molecule has 1 fully saturated rings. The zero-order valence-electron chi connectivity index (χ0n) is 17.5. The minimum Gasteiger partial charge on any atom is -0.481 e. The van der Waals surface area contributed by atoms with Gasteiger partial charge in [0.15, 0.2) is 17.6 Å². The Kier molecular flexibility index (Phi) is 8.73. The summed E-state index contributed by atoms with van der Waals surface area (Å²) in [5, 5.41) is 25.4. The average molecular weight is 438 g/mol. The first-order chi connectivity index (χ1) is 14.7. The number of nitrogens with one attached hydrogen (secondary N) is 3. The van der Waals surface area contributed by atoms with E-state index in [9.17, 15) is 14.4 Å². The molecule has 0 spiro atoms. The zero-order chi connectivity index (χ0) is 23.0. The van der Waals surface area contributed by atoms with Gasteiger partial charge < -0.3 is 36.6 Å². The third kappa shape index (κ3) is 7.20. The largest absolute Gasteiger partial charge is 0.481 e. The summed E-state index contributed by atoms with van der Waals surface area (Å²) in [5.41, 5.74) is 11.2. The molecule has 13 nitrogen and oxygen atoms in total. The van der Waals surface area contributed by atoms with Crippen LogP contribution in [0.5, 0.6) is 0 Å². The molecule has 13 heteroatoms. The molecular weight excluding hydrogens is 408 g/mol. The quantitative estimate of drug-likeness (QED) is 0.154. The number of nitrogens with two attached hydrogens (primary N) is 2. The molecule has 1 aromatic rings. The fourth-order valence-electron chi connectivity index (χ4n) is 3.40. The number of likely N-dealkylation sites (tertiary alicyclic amines) is 1. The lowest BCUT2D eigenvalue weighted by Gasteiger charge is -2.25. The summed E-state index contributed by atoms with van der Waals surface area (Å²) in [6, 6.07) is -2.23. The van der Waals surface area contributed by atoms with Gasteiger partial charge in [0.25, 0.3) is 0 Å². The Morgan fingerprint density at radius 1 is 1.39 bits per heavy atom. The number of Topliss-reactive ketones (excluding diaryl/α,β-unsaturated/α-hetero) is 1. The highest BCUT2D eigenvalue weighted by molar-refractivity contribution is 5.87. The number of rotatable bonds is 11.